The highest BCUT2D eigenvalue weighted by molar-refractivity contribution is 5.87. The smallest absolute Gasteiger partial charge is 0.270 e. The summed E-state index contributed by atoms with van der Waals surface area (Å²) >= 11 is 0. The van der Waals surface area contributed by atoms with Crippen LogP contribution < -0.4 is 5.32 Å². The second-order valence-corrected chi connectivity index (χ2v) is 6.35. The van der Waals surface area contributed by atoms with Crippen molar-refractivity contribution in [2.24, 2.45) is 0 Å². The van der Waals surface area contributed by atoms with Crippen molar-refractivity contribution >= 4 is 33.3 Å². The Kier molecular flexibility index (Phi) is 3.46. The van der Waals surface area contributed by atoms with Crippen LogP contribution in [0.25, 0.3) is 21.8 Å². The van der Waals surface area contributed by atoms with Crippen LogP contribution >= 0.6 is 0 Å². The summed E-state index contributed by atoms with van der Waals surface area (Å²) in [5.74, 6) is -2.26. The fraction of sp³-hybridized carbons (Fsp3) is 0.150. The number of alkyl halides is 2. The van der Waals surface area contributed by atoms with E-state index < -0.39 is 5.92 Å². The topological polar surface area (TPSA) is 40.7 Å². The molecule has 2 N–H and O–H groups in total. The molecule has 0 fully saturated rings. The van der Waals surface area contributed by atoms with Gasteiger partial charge in [0.25, 0.3) is 5.92 Å². The molecule has 126 valence electrons. The second kappa shape index (κ2) is 5.55. The summed E-state index contributed by atoms with van der Waals surface area (Å²) in [6, 6.07) is 14.4. The van der Waals surface area contributed by atoms with Gasteiger partial charge >= 0.3 is 0 Å². The molecule has 2 aromatic heterocycles. The van der Waals surface area contributed by atoms with Crippen molar-refractivity contribution in [2.45, 2.75) is 19.8 Å². The van der Waals surface area contributed by atoms with Gasteiger partial charge in [0.2, 0.25) is 0 Å². The molecule has 3 nitrogen and oxygen atoms in total. The molecule has 0 aliphatic rings. The molecule has 5 heteroatoms. The average molecular weight is 337 g/mol. The number of benzene rings is 2. The van der Waals surface area contributed by atoms with E-state index in [0.717, 1.165) is 29.1 Å². The number of nitrogens with zero attached hydrogens (tertiary/aromatic N) is 1. The molecule has 0 radical (unpaired) electrons. The van der Waals surface area contributed by atoms with Gasteiger partial charge in [-0.3, -0.25) is 0 Å². The van der Waals surface area contributed by atoms with Crippen LogP contribution in [0.1, 0.15) is 18.1 Å². The summed E-state index contributed by atoms with van der Waals surface area (Å²) in [5, 5.41) is 5.26. The Balaban J connectivity index is 1.72. The van der Waals surface area contributed by atoms with E-state index in [1.807, 2.05) is 43.5 Å². The lowest BCUT2D eigenvalue weighted by Crippen LogP contribution is -2.06. The fourth-order valence-corrected chi connectivity index (χ4v) is 3.03. The highest BCUT2D eigenvalue weighted by Gasteiger charge is 2.24. The first-order chi connectivity index (χ1) is 11.9. The van der Waals surface area contributed by atoms with Crippen LogP contribution in [0.4, 0.5) is 20.3 Å². The molecule has 0 spiro atoms. The number of halogens is 2. The van der Waals surface area contributed by atoms with E-state index in [-0.39, 0.29) is 5.56 Å². The number of anilines is 2. The summed E-state index contributed by atoms with van der Waals surface area (Å²) in [5.41, 5.74) is 3.59. The maximum absolute atomic E-state index is 13.5. The van der Waals surface area contributed by atoms with E-state index >= 15 is 0 Å². The molecule has 0 saturated carbocycles. The fourth-order valence-electron chi connectivity index (χ4n) is 3.03. The predicted molar refractivity (Wildman–Crippen MR) is 97.6 cm³/mol. The van der Waals surface area contributed by atoms with Gasteiger partial charge in [-0.2, -0.15) is 0 Å². The standard InChI is InChI=1S/C20H17F2N3/c1-12-9-15(11-18-16(12)7-8-23-18)24-19-6-4-13-3-5-14(20(2,21)22)10-17(13)25-19/h3-11,23H,1-2H3,(H,24,25). The minimum absolute atomic E-state index is 0.0340. The van der Waals surface area contributed by atoms with Crippen LogP contribution in [0.3, 0.4) is 0 Å². The summed E-state index contributed by atoms with van der Waals surface area (Å²) < 4.78 is 27.1. The molecule has 25 heavy (non-hydrogen) atoms. The number of aromatic nitrogens is 2. The third kappa shape index (κ3) is 2.93. The molecule has 0 amide bonds. The number of hydrogen-bond donors (Lipinski definition) is 2. The van der Waals surface area contributed by atoms with Crippen molar-refractivity contribution in [3.8, 4) is 0 Å². The number of nitrogens with one attached hydrogen (secondary N) is 2. The molecule has 0 unspecified atom stereocenters. The van der Waals surface area contributed by atoms with Gasteiger partial charge in [-0.1, -0.05) is 12.1 Å². The van der Waals surface area contributed by atoms with E-state index in [4.69, 9.17) is 0 Å². The summed E-state index contributed by atoms with van der Waals surface area (Å²) in [6.45, 7) is 2.94. The maximum atomic E-state index is 13.5. The van der Waals surface area contributed by atoms with Crippen LogP contribution in [0.15, 0.2) is 54.7 Å². The van der Waals surface area contributed by atoms with Crippen LogP contribution in [0.5, 0.6) is 0 Å². The lowest BCUT2D eigenvalue weighted by atomic mass is 10.1. The van der Waals surface area contributed by atoms with E-state index in [0.29, 0.717) is 11.3 Å². The van der Waals surface area contributed by atoms with E-state index in [1.165, 1.54) is 17.5 Å². The highest BCUT2D eigenvalue weighted by Crippen LogP contribution is 2.30. The van der Waals surface area contributed by atoms with E-state index in [1.54, 1.807) is 6.07 Å². The third-order valence-corrected chi connectivity index (χ3v) is 4.35. The molecular weight excluding hydrogens is 320 g/mol. The lowest BCUT2D eigenvalue weighted by Gasteiger charge is -2.12. The number of fused-ring (bicyclic) bond motifs is 2. The molecule has 2 heterocycles. The van der Waals surface area contributed by atoms with Gasteiger partial charge in [0.15, 0.2) is 0 Å². The van der Waals surface area contributed by atoms with Gasteiger partial charge in [0, 0.05) is 40.7 Å². The van der Waals surface area contributed by atoms with Gasteiger partial charge in [-0.25, -0.2) is 13.8 Å². The van der Waals surface area contributed by atoms with Gasteiger partial charge in [-0.15, -0.1) is 0 Å². The zero-order chi connectivity index (χ0) is 17.6. The van der Waals surface area contributed by atoms with Gasteiger partial charge in [0.1, 0.15) is 5.82 Å². The number of aromatic amines is 1. The summed E-state index contributed by atoms with van der Waals surface area (Å²) in [7, 11) is 0. The van der Waals surface area contributed by atoms with E-state index in [2.05, 4.69) is 15.3 Å². The van der Waals surface area contributed by atoms with Gasteiger partial charge in [-0.05, 0) is 48.9 Å². The quantitative estimate of drug-likeness (QED) is 0.490. The normalized spacial score (nSPS) is 12.0. The molecular formula is C20H17F2N3. The first-order valence-electron chi connectivity index (χ1n) is 8.04. The van der Waals surface area contributed by atoms with Crippen LogP contribution in [0.2, 0.25) is 0 Å². The number of aryl methyl sites for hydroxylation is 1. The maximum Gasteiger partial charge on any atom is 0.270 e. The molecule has 0 saturated heterocycles. The molecule has 4 aromatic rings. The van der Waals surface area contributed by atoms with Crippen molar-refractivity contribution in [1.29, 1.82) is 0 Å². The Morgan fingerprint density at radius 2 is 1.84 bits per heavy atom. The van der Waals surface area contributed by atoms with E-state index in [9.17, 15) is 8.78 Å². The van der Waals surface area contributed by atoms with Crippen molar-refractivity contribution in [3.63, 3.8) is 0 Å². The van der Waals surface area contributed by atoms with Gasteiger partial charge < -0.3 is 10.3 Å². The number of hydrogen-bond acceptors (Lipinski definition) is 2. The molecule has 0 bridgehead atoms. The summed E-state index contributed by atoms with van der Waals surface area (Å²) in [6.07, 6.45) is 1.90. The highest BCUT2D eigenvalue weighted by atomic mass is 19.3. The van der Waals surface area contributed by atoms with Gasteiger partial charge in [0.05, 0.1) is 5.52 Å². The Labute approximate surface area is 143 Å². The summed E-state index contributed by atoms with van der Waals surface area (Å²) in [4.78, 5) is 7.68. The average Bonchev–Trinajstić information content (AvgIpc) is 3.02. The number of H-pyrrole nitrogens is 1. The number of pyridine rings is 1. The Hall–Kier alpha value is -2.95. The molecule has 0 atom stereocenters. The first kappa shape index (κ1) is 15.6. The molecule has 4 rings (SSSR count). The molecule has 0 aliphatic carbocycles. The van der Waals surface area contributed by atoms with Crippen LogP contribution in [-0.2, 0) is 5.92 Å². The second-order valence-electron chi connectivity index (χ2n) is 6.35. The van der Waals surface area contributed by atoms with Crippen molar-refractivity contribution in [3.05, 3.63) is 65.9 Å². The zero-order valence-electron chi connectivity index (χ0n) is 13.9. The number of rotatable bonds is 3. The van der Waals surface area contributed by atoms with Crippen molar-refractivity contribution < 1.29 is 8.78 Å². The van der Waals surface area contributed by atoms with Crippen LogP contribution in [0, 0.1) is 6.92 Å². The van der Waals surface area contributed by atoms with Crippen LogP contribution in [-0.4, -0.2) is 9.97 Å². The largest absolute Gasteiger partial charge is 0.361 e. The molecule has 0 aliphatic heterocycles. The SMILES string of the molecule is Cc1cc(Nc2ccc3ccc(C(C)(F)F)cc3n2)cc2[nH]ccc12. The van der Waals surface area contributed by atoms with Crippen molar-refractivity contribution in [2.75, 3.05) is 5.32 Å². The molecule has 2 aromatic carbocycles. The Morgan fingerprint density at radius 3 is 2.64 bits per heavy atom. The lowest BCUT2D eigenvalue weighted by molar-refractivity contribution is 0.0176. The first-order valence-corrected chi connectivity index (χ1v) is 8.04. The Bertz CT molecular complexity index is 1080. The zero-order valence-corrected chi connectivity index (χ0v) is 13.9. The minimum atomic E-state index is -2.88. The minimum Gasteiger partial charge on any atom is -0.361 e. The monoisotopic (exact) mass is 337 g/mol. The van der Waals surface area contributed by atoms with Crippen molar-refractivity contribution in [1.82, 2.24) is 9.97 Å². The third-order valence-electron chi connectivity index (χ3n) is 4.35. The predicted octanol–water partition coefficient (Wildman–Crippen LogP) is 5.88. The Morgan fingerprint density at radius 1 is 1.04 bits per heavy atom.